The van der Waals surface area contributed by atoms with Gasteiger partial charge in [-0.2, -0.15) is 0 Å². The number of nitrogens with one attached hydrogen (secondary N) is 1. The molecule has 5 heteroatoms. The summed E-state index contributed by atoms with van der Waals surface area (Å²) < 4.78 is 12.6. The van der Waals surface area contributed by atoms with Gasteiger partial charge in [0.25, 0.3) is 0 Å². The minimum absolute atomic E-state index is 0.358. The molecule has 0 aliphatic heterocycles. The Bertz CT molecular complexity index is 478. The molecule has 0 unspecified atom stereocenters. The molecule has 1 rings (SSSR count). The van der Waals surface area contributed by atoms with Crippen molar-refractivity contribution in [3.63, 3.8) is 0 Å². The maximum absolute atomic E-state index is 12.6. The van der Waals surface area contributed by atoms with E-state index in [0.29, 0.717) is 5.56 Å². The van der Waals surface area contributed by atoms with Crippen LogP contribution >= 0.6 is 0 Å². The van der Waals surface area contributed by atoms with E-state index in [1.165, 1.54) is 50.3 Å². The Balaban J connectivity index is 2.65. The quantitative estimate of drug-likeness (QED) is 0.802. The van der Waals surface area contributed by atoms with Crippen LogP contribution in [0, 0.1) is 5.82 Å². The number of hydrogen-bond acceptors (Lipinski definition) is 2. The highest BCUT2D eigenvalue weighted by Gasteiger charge is 2.27. The lowest BCUT2D eigenvalue weighted by atomic mass is 10.1. The Morgan fingerprint density at radius 1 is 1.28 bits per heavy atom. The van der Waals surface area contributed by atoms with Crippen molar-refractivity contribution in [1.29, 1.82) is 0 Å². The molecule has 0 fully saturated rings. The van der Waals surface area contributed by atoms with Crippen LogP contribution in [0.1, 0.15) is 19.4 Å². The predicted molar refractivity (Wildman–Crippen MR) is 65.3 cm³/mol. The van der Waals surface area contributed by atoms with Gasteiger partial charge in [-0.3, -0.25) is 4.79 Å². The Morgan fingerprint density at radius 2 is 1.83 bits per heavy atom. The van der Waals surface area contributed by atoms with Crippen LogP contribution in [0.25, 0.3) is 6.08 Å². The minimum atomic E-state index is -1.33. The zero-order valence-electron chi connectivity index (χ0n) is 10.1. The molecule has 4 nitrogen and oxygen atoms in total. The number of carboxylic acid groups (broad SMARTS) is 1. The number of carbonyl (C=O) groups excluding carboxylic acids is 1. The van der Waals surface area contributed by atoms with Gasteiger partial charge in [0.1, 0.15) is 11.4 Å². The molecule has 2 N–H and O–H groups in total. The van der Waals surface area contributed by atoms with Crippen molar-refractivity contribution < 1.29 is 19.1 Å². The van der Waals surface area contributed by atoms with Crippen LogP contribution in [0.15, 0.2) is 30.3 Å². The Labute approximate surface area is 104 Å². The second-order valence-corrected chi connectivity index (χ2v) is 4.30. The van der Waals surface area contributed by atoms with Crippen molar-refractivity contribution in [2.45, 2.75) is 19.4 Å². The highest BCUT2D eigenvalue weighted by Crippen LogP contribution is 2.05. The molecule has 1 amide bonds. The molecule has 0 radical (unpaired) electrons. The van der Waals surface area contributed by atoms with E-state index in [9.17, 15) is 14.0 Å². The van der Waals surface area contributed by atoms with E-state index in [2.05, 4.69) is 5.32 Å². The van der Waals surface area contributed by atoms with Gasteiger partial charge in [0.15, 0.2) is 0 Å². The molecule has 0 spiro atoms. The third-order valence-corrected chi connectivity index (χ3v) is 2.27. The average Bonchev–Trinajstić information content (AvgIpc) is 2.27. The van der Waals surface area contributed by atoms with Gasteiger partial charge in [0, 0.05) is 6.08 Å². The van der Waals surface area contributed by atoms with Gasteiger partial charge >= 0.3 is 5.97 Å². The van der Waals surface area contributed by atoms with Crippen molar-refractivity contribution in [2.24, 2.45) is 0 Å². The monoisotopic (exact) mass is 251 g/mol. The summed E-state index contributed by atoms with van der Waals surface area (Å²) in [7, 11) is 0. The van der Waals surface area contributed by atoms with E-state index in [4.69, 9.17) is 5.11 Å². The summed E-state index contributed by atoms with van der Waals surface area (Å²) in [4.78, 5) is 22.3. The van der Waals surface area contributed by atoms with Gasteiger partial charge in [0.2, 0.25) is 5.91 Å². The van der Waals surface area contributed by atoms with Crippen LogP contribution in [-0.4, -0.2) is 22.5 Å². The van der Waals surface area contributed by atoms with Crippen molar-refractivity contribution in [2.75, 3.05) is 0 Å². The van der Waals surface area contributed by atoms with E-state index in [1.807, 2.05) is 0 Å². The number of halogens is 1. The first-order valence-corrected chi connectivity index (χ1v) is 5.30. The summed E-state index contributed by atoms with van der Waals surface area (Å²) >= 11 is 0. The van der Waals surface area contributed by atoms with Crippen LogP contribution in [-0.2, 0) is 9.59 Å². The van der Waals surface area contributed by atoms with Crippen LogP contribution in [0.5, 0.6) is 0 Å². The van der Waals surface area contributed by atoms with Crippen molar-refractivity contribution >= 4 is 18.0 Å². The fourth-order valence-corrected chi connectivity index (χ4v) is 1.15. The standard InChI is InChI=1S/C13H14FNO3/c1-13(2,12(17)18)15-11(16)8-5-9-3-6-10(14)7-4-9/h3-8H,1-2H3,(H,15,16)(H,17,18)/b8-5+. The van der Waals surface area contributed by atoms with Gasteiger partial charge < -0.3 is 10.4 Å². The first-order valence-electron chi connectivity index (χ1n) is 5.30. The molecule has 96 valence electrons. The zero-order chi connectivity index (χ0) is 13.8. The highest BCUT2D eigenvalue weighted by molar-refractivity contribution is 5.95. The number of aliphatic carboxylic acids is 1. The molecule has 0 saturated heterocycles. The fourth-order valence-electron chi connectivity index (χ4n) is 1.15. The molecular weight excluding hydrogens is 237 g/mol. The maximum atomic E-state index is 12.6. The molecule has 0 aliphatic carbocycles. The largest absolute Gasteiger partial charge is 0.480 e. The zero-order valence-corrected chi connectivity index (χ0v) is 10.1. The van der Waals surface area contributed by atoms with Gasteiger partial charge in [-0.25, -0.2) is 9.18 Å². The normalized spacial score (nSPS) is 11.5. The molecular formula is C13H14FNO3. The maximum Gasteiger partial charge on any atom is 0.328 e. The summed E-state index contributed by atoms with van der Waals surface area (Å²) in [6.07, 6.45) is 2.69. The Morgan fingerprint density at radius 3 is 2.33 bits per heavy atom. The molecule has 1 aromatic carbocycles. The number of carbonyl (C=O) groups is 2. The summed E-state index contributed by atoms with van der Waals surface area (Å²) in [6.45, 7) is 2.78. The SMILES string of the molecule is CC(C)(NC(=O)/C=C/c1ccc(F)cc1)C(=O)O. The Hall–Kier alpha value is -2.17. The van der Waals surface area contributed by atoms with Crippen molar-refractivity contribution in [3.05, 3.63) is 41.7 Å². The number of carboxylic acids is 1. The van der Waals surface area contributed by atoms with Gasteiger partial charge in [-0.15, -0.1) is 0 Å². The van der Waals surface area contributed by atoms with Crippen LogP contribution in [0.3, 0.4) is 0 Å². The van der Waals surface area contributed by atoms with E-state index >= 15 is 0 Å². The first kappa shape index (κ1) is 13.9. The predicted octanol–water partition coefficient (Wildman–Crippen LogP) is 1.82. The lowest BCUT2D eigenvalue weighted by molar-refractivity contribution is -0.145. The average molecular weight is 251 g/mol. The summed E-state index contributed by atoms with van der Waals surface area (Å²) in [5.74, 6) is -2.00. The molecule has 0 aliphatic rings. The molecule has 18 heavy (non-hydrogen) atoms. The molecule has 0 saturated carbocycles. The van der Waals surface area contributed by atoms with Crippen LogP contribution in [0.2, 0.25) is 0 Å². The van der Waals surface area contributed by atoms with E-state index in [0.717, 1.165) is 0 Å². The van der Waals surface area contributed by atoms with E-state index < -0.39 is 17.4 Å². The van der Waals surface area contributed by atoms with Gasteiger partial charge in [0.05, 0.1) is 0 Å². The lowest BCUT2D eigenvalue weighted by Gasteiger charge is -2.19. The summed E-state index contributed by atoms with van der Waals surface area (Å²) in [5, 5.41) is 11.2. The molecule has 0 atom stereocenters. The number of benzene rings is 1. The highest BCUT2D eigenvalue weighted by atomic mass is 19.1. The summed E-state index contributed by atoms with van der Waals surface area (Å²) in [5.41, 5.74) is -0.677. The Kier molecular flexibility index (Phi) is 4.20. The van der Waals surface area contributed by atoms with E-state index in [-0.39, 0.29) is 5.82 Å². The van der Waals surface area contributed by atoms with Crippen molar-refractivity contribution in [1.82, 2.24) is 5.32 Å². The molecule has 0 heterocycles. The lowest BCUT2D eigenvalue weighted by Crippen LogP contribution is -2.49. The number of amides is 1. The first-order chi connectivity index (χ1) is 8.31. The minimum Gasteiger partial charge on any atom is -0.480 e. The molecule has 0 bridgehead atoms. The second-order valence-electron chi connectivity index (χ2n) is 4.30. The summed E-state index contributed by atoms with van der Waals surface area (Å²) in [6, 6.07) is 5.58. The fraction of sp³-hybridized carbons (Fsp3) is 0.231. The topological polar surface area (TPSA) is 66.4 Å². The number of rotatable bonds is 4. The van der Waals surface area contributed by atoms with Gasteiger partial charge in [-0.05, 0) is 37.6 Å². The van der Waals surface area contributed by atoms with Gasteiger partial charge in [-0.1, -0.05) is 12.1 Å². The third kappa shape index (κ3) is 4.01. The third-order valence-electron chi connectivity index (χ3n) is 2.27. The van der Waals surface area contributed by atoms with Crippen LogP contribution in [0.4, 0.5) is 4.39 Å². The van der Waals surface area contributed by atoms with E-state index in [1.54, 1.807) is 0 Å². The smallest absolute Gasteiger partial charge is 0.328 e. The van der Waals surface area contributed by atoms with Crippen LogP contribution < -0.4 is 5.32 Å². The molecule has 1 aromatic rings. The molecule has 0 aromatic heterocycles. The number of hydrogen-bond donors (Lipinski definition) is 2. The second kappa shape index (κ2) is 5.44. The van der Waals surface area contributed by atoms with Crippen molar-refractivity contribution in [3.8, 4) is 0 Å².